The Morgan fingerprint density at radius 3 is 1.26 bits per heavy atom. The van der Waals surface area contributed by atoms with Gasteiger partial charge in [-0.05, 0) is 49.9 Å². The lowest BCUT2D eigenvalue weighted by molar-refractivity contribution is 0.269. The molecule has 0 aromatic carbocycles. The summed E-state index contributed by atoms with van der Waals surface area (Å²) in [6.45, 7) is 9.99. The average Bonchev–Trinajstić information content (AvgIpc) is 2.44. The number of hydrogen-bond acceptors (Lipinski definition) is 3. The quantitative estimate of drug-likeness (QED) is 0.592. The van der Waals surface area contributed by atoms with Crippen molar-refractivity contribution in [2.45, 2.75) is 66.2 Å². The highest BCUT2D eigenvalue weighted by Gasteiger charge is 2.10. The van der Waals surface area contributed by atoms with Gasteiger partial charge in [-0.2, -0.15) is 0 Å². The number of rotatable bonds is 10. The number of allylic oxidation sites excluding steroid dienone is 2. The van der Waals surface area contributed by atoms with E-state index < -0.39 is 0 Å². The molecule has 4 N–H and O–H groups in total. The first-order chi connectivity index (χ1) is 9.18. The fourth-order valence-corrected chi connectivity index (χ4v) is 2.31. The van der Waals surface area contributed by atoms with E-state index in [0.717, 1.165) is 50.0 Å². The summed E-state index contributed by atoms with van der Waals surface area (Å²) >= 11 is 0. The SMILES string of the molecule is CCC(CCN)=C(CC)OC(CC)=C(CC)CCN. The molecule has 0 aliphatic carbocycles. The van der Waals surface area contributed by atoms with Gasteiger partial charge in [0.05, 0.1) is 0 Å². The number of hydrogen-bond donors (Lipinski definition) is 2. The molecule has 3 nitrogen and oxygen atoms in total. The molecule has 3 heteroatoms. The van der Waals surface area contributed by atoms with Crippen LogP contribution in [0.3, 0.4) is 0 Å². The van der Waals surface area contributed by atoms with Crippen LogP contribution >= 0.6 is 0 Å². The predicted octanol–water partition coefficient (Wildman–Crippen LogP) is 3.85. The van der Waals surface area contributed by atoms with Gasteiger partial charge in [-0.15, -0.1) is 0 Å². The van der Waals surface area contributed by atoms with Crippen molar-refractivity contribution in [3.63, 3.8) is 0 Å². The maximum absolute atomic E-state index is 6.21. The van der Waals surface area contributed by atoms with E-state index in [2.05, 4.69) is 27.7 Å². The zero-order valence-corrected chi connectivity index (χ0v) is 13.2. The minimum atomic E-state index is 0.685. The summed E-state index contributed by atoms with van der Waals surface area (Å²) in [5, 5.41) is 0. The smallest absolute Gasteiger partial charge is 0.103 e. The Bertz CT molecular complexity index is 276. The molecule has 0 rings (SSSR count). The second-order valence-electron chi connectivity index (χ2n) is 4.65. The van der Waals surface area contributed by atoms with Crippen molar-refractivity contribution < 1.29 is 4.74 Å². The number of ether oxygens (including phenoxy) is 1. The van der Waals surface area contributed by atoms with Gasteiger partial charge in [-0.3, -0.25) is 0 Å². The Kier molecular flexibility index (Phi) is 10.6. The second kappa shape index (κ2) is 11.1. The van der Waals surface area contributed by atoms with Gasteiger partial charge in [0.25, 0.3) is 0 Å². The van der Waals surface area contributed by atoms with Crippen molar-refractivity contribution in [2.24, 2.45) is 11.5 Å². The van der Waals surface area contributed by atoms with E-state index in [1.165, 1.54) is 11.1 Å². The van der Waals surface area contributed by atoms with Crippen LogP contribution in [0.2, 0.25) is 0 Å². The molecule has 0 spiro atoms. The first-order valence-electron chi connectivity index (χ1n) is 7.67. The molecular weight excluding hydrogens is 236 g/mol. The summed E-state index contributed by atoms with van der Waals surface area (Å²) in [4.78, 5) is 0. The molecule has 0 saturated heterocycles. The van der Waals surface area contributed by atoms with E-state index in [9.17, 15) is 0 Å². The fourth-order valence-electron chi connectivity index (χ4n) is 2.31. The van der Waals surface area contributed by atoms with E-state index in [1.807, 2.05) is 0 Å². The lowest BCUT2D eigenvalue weighted by Gasteiger charge is -2.18. The average molecular weight is 268 g/mol. The molecule has 0 aliphatic rings. The zero-order chi connectivity index (χ0) is 14.7. The van der Waals surface area contributed by atoms with E-state index in [1.54, 1.807) is 0 Å². The Labute approximate surface area is 119 Å². The molecule has 0 saturated carbocycles. The largest absolute Gasteiger partial charge is 0.466 e. The minimum absolute atomic E-state index is 0.685. The van der Waals surface area contributed by atoms with Crippen LogP contribution in [0, 0.1) is 0 Å². The summed E-state index contributed by atoms with van der Waals surface area (Å²) in [5.74, 6) is 2.21. The summed E-state index contributed by atoms with van der Waals surface area (Å²) in [6.07, 6.45) is 5.72. The third kappa shape index (κ3) is 6.26. The first-order valence-corrected chi connectivity index (χ1v) is 7.67. The highest BCUT2D eigenvalue weighted by atomic mass is 16.5. The molecule has 0 aromatic rings. The molecule has 0 bridgehead atoms. The van der Waals surface area contributed by atoms with Crippen molar-refractivity contribution >= 4 is 0 Å². The minimum Gasteiger partial charge on any atom is -0.466 e. The van der Waals surface area contributed by atoms with Gasteiger partial charge in [0.15, 0.2) is 0 Å². The summed E-state index contributed by atoms with van der Waals surface area (Å²) < 4.78 is 6.21. The highest BCUT2D eigenvalue weighted by Crippen LogP contribution is 2.25. The molecule has 19 heavy (non-hydrogen) atoms. The monoisotopic (exact) mass is 268 g/mol. The second-order valence-corrected chi connectivity index (χ2v) is 4.65. The van der Waals surface area contributed by atoms with Crippen LogP contribution in [0.25, 0.3) is 0 Å². The molecule has 0 atom stereocenters. The standard InChI is InChI=1S/C16H32N2O/c1-5-13(9-11-17)15(7-3)19-16(8-4)14(6-2)10-12-18/h5-12,17-18H2,1-4H3. The Balaban J connectivity index is 5.19. The lowest BCUT2D eigenvalue weighted by atomic mass is 10.1. The van der Waals surface area contributed by atoms with Crippen LogP contribution in [0.15, 0.2) is 22.7 Å². The van der Waals surface area contributed by atoms with Crippen LogP contribution in [0.4, 0.5) is 0 Å². The number of nitrogens with two attached hydrogens (primary N) is 2. The molecule has 0 heterocycles. The van der Waals surface area contributed by atoms with Crippen molar-refractivity contribution in [2.75, 3.05) is 13.1 Å². The van der Waals surface area contributed by atoms with Crippen LogP contribution in [-0.2, 0) is 4.74 Å². The molecular formula is C16H32N2O. The van der Waals surface area contributed by atoms with Gasteiger partial charge in [0.2, 0.25) is 0 Å². The zero-order valence-electron chi connectivity index (χ0n) is 13.2. The fraction of sp³-hybridized carbons (Fsp3) is 0.750. The van der Waals surface area contributed by atoms with Gasteiger partial charge < -0.3 is 16.2 Å². The maximum atomic E-state index is 6.21. The van der Waals surface area contributed by atoms with Gasteiger partial charge in [0.1, 0.15) is 11.5 Å². The Hall–Kier alpha value is -0.800. The molecule has 0 aliphatic heterocycles. The normalized spacial score (nSPS) is 14.0. The van der Waals surface area contributed by atoms with Crippen molar-refractivity contribution in [1.82, 2.24) is 0 Å². The van der Waals surface area contributed by atoms with E-state index in [4.69, 9.17) is 16.2 Å². The van der Waals surface area contributed by atoms with Gasteiger partial charge in [0, 0.05) is 12.8 Å². The molecule has 0 amide bonds. The van der Waals surface area contributed by atoms with E-state index >= 15 is 0 Å². The maximum Gasteiger partial charge on any atom is 0.103 e. The van der Waals surface area contributed by atoms with Crippen molar-refractivity contribution in [3.05, 3.63) is 22.7 Å². The Morgan fingerprint density at radius 2 is 1.05 bits per heavy atom. The molecule has 0 fully saturated rings. The first kappa shape index (κ1) is 18.2. The van der Waals surface area contributed by atoms with Crippen LogP contribution in [0.5, 0.6) is 0 Å². The van der Waals surface area contributed by atoms with Gasteiger partial charge in [-0.1, -0.05) is 27.7 Å². The van der Waals surface area contributed by atoms with Crippen molar-refractivity contribution in [1.29, 1.82) is 0 Å². The molecule has 0 aromatic heterocycles. The van der Waals surface area contributed by atoms with Crippen LogP contribution in [0.1, 0.15) is 66.2 Å². The molecule has 112 valence electrons. The van der Waals surface area contributed by atoms with Crippen LogP contribution < -0.4 is 11.5 Å². The van der Waals surface area contributed by atoms with E-state index in [0.29, 0.717) is 13.1 Å². The topological polar surface area (TPSA) is 61.3 Å². The van der Waals surface area contributed by atoms with Crippen LogP contribution in [-0.4, -0.2) is 13.1 Å². The van der Waals surface area contributed by atoms with Gasteiger partial charge >= 0.3 is 0 Å². The predicted molar refractivity (Wildman–Crippen MR) is 83.6 cm³/mol. The van der Waals surface area contributed by atoms with E-state index in [-0.39, 0.29) is 0 Å². The van der Waals surface area contributed by atoms with Gasteiger partial charge in [-0.25, -0.2) is 0 Å². The summed E-state index contributed by atoms with van der Waals surface area (Å²) in [6, 6.07) is 0. The van der Waals surface area contributed by atoms with Crippen molar-refractivity contribution in [3.8, 4) is 0 Å². The highest BCUT2D eigenvalue weighted by molar-refractivity contribution is 5.15. The third-order valence-corrected chi connectivity index (χ3v) is 3.42. The summed E-state index contributed by atoms with van der Waals surface area (Å²) in [5.41, 5.74) is 14.0. The molecule has 0 radical (unpaired) electrons. The molecule has 0 unspecified atom stereocenters. The third-order valence-electron chi connectivity index (χ3n) is 3.42. The summed E-state index contributed by atoms with van der Waals surface area (Å²) in [7, 11) is 0. The Morgan fingerprint density at radius 1 is 0.684 bits per heavy atom. The lowest BCUT2D eigenvalue weighted by Crippen LogP contribution is -2.07.